The van der Waals surface area contributed by atoms with Crippen molar-refractivity contribution < 1.29 is 27.5 Å². The van der Waals surface area contributed by atoms with Crippen LogP contribution in [0.25, 0.3) is 0 Å². The van der Waals surface area contributed by atoms with Crippen LogP contribution in [0.1, 0.15) is 68.6 Å². The van der Waals surface area contributed by atoms with Crippen molar-refractivity contribution in [3.05, 3.63) is 28.5 Å². The molecule has 0 spiro atoms. The molecule has 4 heterocycles. The van der Waals surface area contributed by atoms with Gasteiger partial charge in [-0.15, -0.1) is 11.3 Å². The number of carbonyl (C=O) groups excluding carboxylic acids is 2. The lowest BCUT2D eigenvalue weighted by Crippen LogP contribution is -2.50. The molecule has 6 atom stereocenters. The summed E-state index contributed by atoms with van der Waals surface area (Å²) >= 11 is 1.53. The van der Waals surface area contributed by atoms with E-state index in [2.05, 4.69) is 29.1 Å². The zero-order valence-electron chi connectivity index (χ0n) is 22.1. The zero-order chi connectivity index (χ0) is 27.7. The summed E-state index contributed by atoms with van der Waals surface area (Å²) in [7, 11) is 0. The number of anilines is 2. The van der Waals surface area contributed by atoms with E-state index in [1.54, 1.807) is 4.90 Å². The SMILES string of the molecule is C[C@@H]1C(=O)O[C@H]2[C@H]1CC[C@]1(C)Cc3sc(NC(=O)C4CCN(c5nccc(C(F)(F)F)n5)CC4)nc3[C@@H](C)[C@H]21. The van der Waals surface area contributed by atoms with Crippen molar-refractivity contribution in [3.63, 3.8) is 0 Å². The van der Waals surface area contributed by atoms with Gasteiger partial charge in [-0.3, -0.25) is 9.59 Å². The molecule has 2 aromatic heterocycles. The molecule has 2 saturated heterocycles. The van der Waals surface area contributed by atoms with Crippen molar-refractivity contribution in [1.82, 2.24) is 15.0 Å². The molecule has 3 fully saturated rings. The number of esters is 1. The van der Waals surface area contributed by atoms with E-state index < -0.39 is 11.9 Å². The summed E-state index contributed by atoms with van der Waals surface area (Å²) in [5, 5.41) is 3.59. The van der Waals surface area contributed by atoms with Crippen LogP contribution >= 0.6 is 11.3 Å². The van der Waals surface area contributed by atoms with Gasteiger partial charge in [0.2, 0.25) is 11.9 Å². The van der Waals surface area contributed by atoms with Crippen molar-refractivity contribution >= 4 is 34.3 Å². The first-order chi connectivity index (χ1) is 18.4. The largest absolute Gasteiger partial charge is 0.461 e. The molecule has 1 amide bonds. The molecule has 2 aliphatic carbocycles. The Kier molecular flexibility index (Phi) is 6.39. The van der Waals surface area contributed by atoms with Crippen molar-refractivity contribution in [1.29, 1.82) is 0 Å². The number of thiazole rings is 1. The number of nitrogens with zero attached hydrogens (tertiary/aromatic N) is 4. The Labute approximate surface area is 228 Å². The summed E-state index contributed by atoms with van der Waals surface area (Å²) < 4.78 is 45.0. The minimum absolute atomic E-state index is 0.0179. The van der Waals surface area contributed by atoms with Gasteiger partial charge in [-0.05, 0) is 43.6 Å². The predicted molar refractivity (Wildman–Crippen MR) is 138 cm³/mol. The number of piperidine rings is 1. The number of amides is 1. The molecule has 2 aliphatic heterocycles. The molecule has 0 unspecified atom stereocenters. The first-order valence-electron chi connectivity index (χ1n) is 13.6. The molecule has 2 aromatic rings. The third-order valence-electron chi connectivity index (χ3n) is 9.47. The number of carbonyl (C=O) groups is 2. The standard InChI is InChI=1S/C27H32F3N5O3S/c1-13-16-4-8-26(3)12-17-20(14(2)19(26)21(16)38-23(13)37)33-25(39-17)34-22(36)15-6-10-35(11-7-15)24-31-9-5-18(32-24)27(28,29)30/h5,9,13-16,19,21H,4,6-8,10-12H2,1-3H3,(H,33,34,36)/t13-,14-,16-,19+,21-,26+/m0/s1. The van der Waals surface area contributed by atoms with Gasteiger partial charge in [-0.1, -0.05) is 20.8 Å². The second-order valence-electron chi connectivity index (χ2n) is 11.9. The van der Waals surface area contributed by atoms with Gasteiger partial charge >= 0.3 is 12.1 Å². The average molecular weight is 564 g/mol. The first kappa shape index (κ1) is 26.5. The number of rotatable bonds is 3. The number of aromatic nitrogens is 3. The second kappa shape index (κ2) is 9.42. The lowest BCUT2D eigenvalue weighted by Gasteiger charge is -2.51. The van der Waals surface area contributed by atoms with Gasteiger partial charge in [0.15, 0.2) is 5.13 Å². The molecule has 39 heavy (non-hydrogen) atoms. The van der Waals surface area contributed by atoms with Crippen LogP contribution in [0.2, 0.25) is 0 Å². The molecule has 8 nitrogen and oxygen atoms in total. The summed E-state index contributed by atoms with van der Waals surface area (Å²) in [6, 6.07) is 0.854. The zero-order valence-corrected chi connectivity index (χ0v) is 22.9. The summed E-state index contributed by atoms with van der Waals surface area (Å²) in [4.78, 5) is 40.9. The maximum Gasteiger partial charge on any atom is 0.433 e. The van der Waals surface area contributed by atoms with E-state index in [0.717, 1.165) is 37.2 Å². The minimum atomic E-state index is -4.53. The Morgan fingerprint density at radius 2 is 1.92 bits per heavy atom. The van der Waals surface area contributed by atoms with Crippen LogP contribution in [-0.4, -0.2) is 46.0 Å². The van der Waals surface area contributed by atoms with Gasteiger partial charge in [0.1, 0.15) is 11.8 Å². The summed E-state index contributed by atoms with van der Waals surface area (Å²) in [5.74, 6) is 0.0442. The molecule has 0 bridgehead atoms. The fourth-order valence-corrected chi connectivity index (χ4v) is 8.61. The highest BCUT2D eigenvalue weighted by atomic mass is 32.1. The van der Waals surface area contributed by atoms with Gasteiger partial charge in [-0.2, -0.15) is 13.2 Å². The number of fused-ring (bicyclic) bond motifs is 4. The fourth-order valence-electron chi connectivity index (χ4n) is 7.34. The number of hydrogen-bond donors (Lipinski definition) is 1. The normalized spacial score (nSPS) is 32.7. The highest BCUT2D eigenvalue weighted by Crippen LogP contribution is 2.59. The molecular formula is C27H32F3N5O3S. The number of halogens is 3. The van der Waals surface area contributed by atoms with Crippen LogP contribution in [0.5, 0.6) is 0 Å². The Balaban J connectivity index is 1.12. The van der Waals surface area contributed by atoms with Gasteiger partial charge < -0.3 is 15.0 Å². The van der Waals surface area contributed by atoms with Crippen LogP contribution in [-0.2, 0) is 26.9 Å². The number of nitrogens with one attached hydrogen (secondary N) is 1. The van der Waals surface area contributed by atoms with Crippen LogP contribution in [0.3, 0.4) is 0 Å². The third-order valence-corrected chi connectivity index (χ3v) is 10.5. The van der Waals surface area contributed by atoms with Crippen LogP contribution < -0.4 is 10.2 Å². The minimum Gasteiger partial charge on any atom is -0.461 e. The quantitative estimate of drug-likeness (QED) is 0.522. The Morgan fingerprint density at radius 1 is 1.18 bits per heavy atom. The molecule has 6 rings (SSSR count). The molecular weight excluding hydrogens is 531 g/mol. The third kappa shape index (κ3) is 4.58. The highest BCUT2D eigenvalue weighted by molar-refractivity contribution is 7.15. The van der Waals surface area contributed by atoms with Crippen molar-refractivity contribution in [2.24, 2.45) is 29.1 Å². The summed E-state index contributed by atoms with van der Waals surface area (Å²) in [6.07, 6.45) is 0.353. The van der Waals surface area contributed by atoms with Gasteiger partial charge in [0.05, 0.1) is 11.6 Å². The van der Waals surface area contributed by atoms with Crippen molar-refractivity contribution in [2.45, 2.75) is 71.1 Å². The average Bonchev–Trinajstić information content (AvgIpc) is 3.42. The van der Waals surface area contributed by atoms with E-state index in [4.69, 9.17) is 9.72 Å². The van der Waals surface area contributed by atoms with Crippen molar-refractivity contribution in [2.75, 3.05) is 23.3 Å². The molecule has 1 N–H and O–H groups in total. The molecule has 0 radical (unpaired) electrons. The Bertz CT molecular complexity index is 1290. The van der Waals surface area contributed by atoms with E-state index in [9.17, 15) is 22.8 Å². The van der Waals surface area contributed by atoms with Gasteiger partial charge in [0, 0.05) is 47.8 Å². The van der Waals surface area contributed by atoms with Crippen LogP contribution in [0, 0.1) is 29.1 Å². The molecule has 210 valence electrons. The highest BCUT2D eigenvalue weighted by Gasteiger charge is 2.58. The van der Waals surface area contributed by atoms with E-state index in [0.29, 0.717) is 31.1 Å². The number of hydrogen-bond acceptors (Lipinski definition) is 8. The topological polar surface area (TPSA) is 97.3 Å². The lowest BCUT2D eigenvalue weighted by atomic mass is 9.54. The molecule has 0 aromatic carbocycles. The smallest absolute Gasteiger partial charge is 0.433 e. The number of ether oxygens (including phenoxy) is 1. The maximum absolute atomic E-state index is 13.1. The van der Waals surface area contributed by atoms with E-state index in [1.165, 1.54) is 16.2 Å². The monoisotopic (exact) mass is 563 g/mol. The number of alkyl halides is 3. The summed E-state index contributed by atoms with van der Waals surface area (Å²) in [5.41, 5.74) is 0.0362. The Morgan fingerprint density at radius 3 is 2.64 bits per heavy atom. The molecule has 4 aliphatic rings. The van der Waals surface area contributed by atoms with E-state index in [-0.39, 0.29) is 58.9 Å². The van der Waals surface area contributed by atoms with Gasteiger partial charge in [-0.25, -0.2) is 15.0 Å². The molecule has 12 heteroatoms. The summed E-state index contributed by atoms with van der Waals surface area (Å²) in [6.45, 7) is 7.22. The molecule has 1 saturated carbocycles. The Hall–Kier alpha value is -2.76. The van der Waals surface area contributed by atoms with Crippen LogP contribution in [0.4, 0.5) is 24.3 Å². The van der Waals surface area contributed by atoms with Crippen LogP contribution in [0.15, 0.2) is 12.3 Å². The van der Waals surface area contributed by atoms with Crippen molar-refractivity contribution in [3.8, 4) is 0 Å². The maximum atomic E-state index is 13.1. The van der Waals surface area contributed by atoms with E-state index in [1.807, 2.05) is 6.92 Å². The predicted octanol–water partition coefficient (Wildman–Crippen LogP) is 5.06. The fraction of sp³-hybridized carbons (Fsp3) is 0.667. The lowest BCUT2D eigenvalue weighted by molar-refractivity contribution is -0.150. The van der Waals surface area contributed by atoms with Gasteiger partial charge in [0.25, 0.3) is 0 Å². The second-order valence-corrected chi connectivity index (χ2v) is 12.9. The van der Waals surface area contributed by atoms with E-state index >= 15 is 0 Å². The first-order valence-corrected chi connectivity index (χ1v) is 14.4.